The summed E-state index contributed by atoms with van der Waals surface area (Å²) in [6, 6.07) is 9.66. The molecule has 2 nitrogen and oxygen atoms in total. The number of alkyl halides is 1. The molecule has 1 N–H and O–H groups in total. The number of carbonyl (C=O) groups is 1. The molecule has 1 aliphatic carbocycles. The van der Waals surface area contributed by atoms with Crippen molar-refractivity contribution in [1.82, 2.24) is 5.32 Å². The lowest BCUT2D eigenvalue weighted by molar-refractivity contribution is 0.0951. The molecule has 1 aromatic carbocycles. The Kier molecular flexibility index (Phi) is 4.08. The Balaban J connectivity index is 1.60. The van der Waals surface area contributed by atoms with Crippen LogP contribution in [0.15, 0.2) is 30.3 Å². The molecule has 0 saturated carbocycles. The lowest BCUT2D eigenvalue weighted by atomic mass is 10.1. The molecule has 0 unspecified atom stereocenters. The summed E-state index contributed by atoms with van der Waals surface area (Å²) in [5.41, 5.74) is 3.19. The molecule has 0 radical (unpaired) electrons. The van der Waals surface area contributed by atoms with Crippen LogP contribution in [0.3, 0.4) is 0 Å². The van der Waals surface area contributed by atoms with Crippen molar-refractivity contribution in [2.24, 2.45) is 0 Å². The fourth-order valence-corrected chi connectivity index (χ4v) is 3.87. The van der Waals surface area contributed by atoms with Crippen molar-refractivity contribution in [3.05, 3.63) is 56.8 Å². The van der Waals surface area contributed by atoms with E-state index in [9.17, 15) is 4.79 Å². The van der Waals surface area contributed by atoms with Crippen molar-refractivity contribution in [3.63, 3.8) is 0 Å². The topological polar surface area (TPSA) is 29.1 Å². The Morgan fingerprint density at radius 3 is 2.75 bits per heavy atom. The number of hydrogen-bond acceptors (Lipinski definition) is 2. The van der Waals surface area contributed by atoms with Crippen molar-refractivity contribution < 1.29 is 4.79 Å². The van der Waals surface area contributed by atoms with Crippen molar-refractivity contribution in [3.8, 4) is 0 Å². The second-order valence-corrected chi connectivity index (χ2v) is 6.52. The maximum absolute atomic E-state index is 12.1. The number of aryl methyl sites for hydroxylation is 2. The molecule has 2 aromatic rings. The first-order valence-electron chi connectivity index (χ1n) is 6.80. The molecule has 0 spiro atoms. The minimum absolute atomic E-state index is 0.0281. The van der Waals surface area contributed by atoms with Gasteiger partial charge in [0.15, 0.2) is 0 Å². The van der Waals surface area contributed by atoms with Gasteiger partial charge in [0.1, 0.15) is 0 Å². The fourth-order valence-electron chi connectivity index (χ4n) is 2.49. The predicted molar refractivity (Wildman–Crippen MR) is 83.5 cm³/mol. The van der Waals surface area contributed by atoms with E-state index in [2.05, 4.69) is 11.4 Å². The number of fused-ring (bicyclic) bond motifs is 1. The van der Waals surface area contributed by atoms with Gasteiger partial charge in [-0.15, -0.1) is 22.9 Å². The van der Waals surface area contributed by atoms with Gasteiger partial charge < -0.3 is 5.32 Å². The average Bonchev–Trinajstić information content (AvgIpc) is 3.06. The van der Waals surface area contributed by atoms with Crippen LogP contribution in [0.4, 0.5) is 0 Å². The van der Waals surface area contributed by atoms with Gasteiger partial charge in [0, 0.05) is 21.2 Å². The minimum atomic E-state index is -0.0281. The zero-order valence-electron chi connectivity index (χ0n) is 11.1. The molecule has 4 heteroatoms. The number of halogens is 1. The highest BCUT2D eigenvalue weighted by atomic mass is 35.5. The number of thiophene rings is 1. The summed E-state index contributed by atoms with van der Waals surface area (Å²) in [7, 11) is 0. The largest absolute Gasteiger partial charge is 0.347 e. The standard InChI is InChI=1S/C16H16ClNOS/c17-9-11-4-6-12(7-5-11)16(19)18-10-14-8-13-2-1-3-15(13)20-14/h4-8H,1-3,9-10H2,(H,18,19). The van der Waals surface area contributed by atoms with E-state index in [0.717, 1.165) is 5.56 Å². The van der Waals surface area contributed by atoms with Crippen molar-refractivity contribution in [1.29, 1.82) is 0 Å². The van der Waals surface area contributed by atoms with Crippen LogP contribution in [0.5, 0.6) is 0 Å². The SMILES string of the molecule is O=C(NCc1cc2c(s1)CCC2)c1ccc(CCl)cc1. The third-order valence-corrected chi connectivity index (χ3v) is 5.14. The Morgan fingerprint density at radius 2 is 2.05 bits per heavy atom. The van der Waals surface area contributed by atoms with Crippen LogP contribution in [0.25, 0.3) is 0 Å². The fraction of sp³-hybridized carbons (Fsp3) is 0.312. The monoisotopic (exact) mass is 305 g/mol. The van der Waals surface area contributed by atoms with E-state index in [4.69, 9.17) is 11.6 Å². The molecule has 1 aliphatic rings. The number of amides is 1. The van der Waals surface area contributed by atoms with E-state index in [1.807, 2.05) is 35.6 Å². The maximum Gasteiger partial charge on any atom is 0.251 e. The summed E-state index contributed by atoms with van der Waals surface area (Å²) in [5.74, 6) is 0.447. The van der Waals surface area contributed by atoms with E-state index in [1.54, 1.807) is 0 Å². The molecular formula is C16H16ClNOS. The van der Waals surface area contributed by atoms with Crippen LogP contribution < -0.4 is 5.32 Å². The molecule has 1 aromatic heterocycles. The second kappa shape index (κ2) is 5.98. The summed E-state index contributed by atoms with van der Waals surface area (Å²) in [6.45, 7) is 0.619. The van der Waals surface area contributed by atoms with Gasteiger partial charge in [-0.3, -0.25) is 4.79 Å². The molecule has 1 heterocycles. The Bertz CT molecular complexity index is 596. The smallest absolute Gasteiger partial charge is 0.251 e. The highest BCUT2D eigenvalue weighted by Crippen LogP contribution is 2.30. The van der Waals surface area contributed by atoms with Gasteiger partial charge in [-0.1, -0.05) is 12.1 Å². The normalized spacial score (nSPS) is 13.2. The summed E-state index contributed by atoms with van der Waals surface area (Å²) in [4.78, 5) is 14.8. The van der Waals surface area contributed by atoms with E-state index in [-0.39, 0.29) is 5.91 Å². The van der Waals surface area contributed by atoms with Gasteiger partial charge in [-0.25, -0.2) is 0 Å². The van der Waals surface area contributed by atoms with Gasteiger partial charge in [-0.2, -0.15) is 0 Å². The van der Waals surface area contributed by atoms with Gasteiger partial charge in [-0.05, 0) is 48.6 Å². The minimum Gasteiger partial charge on any atom is -0.347 e. The second-order valence-electron chi connectivity index (χ2n) is 5.03. The summed E-state index contributed by atoms with van der Waals surface area (Å²) in [5, 5.41) is 2.98. The molecule has 0 fully saturated rings. The predicted octanol–water partition coefficient (Wildman–Crippen LogP) is 3.91. The molecule has 0 atom stereocenters. The Hall–Kier alpha value is -1.32. The van der Waals surface area contributed by atoms with Gasteiger partial charge in [0.25, 0.3) is 5.91 Å². The highest BCUT2D eigenvalue weighted by Gasteiger charge is 2.15. The maximum atomic E-state index is 12.1. The summed E-state index contributed by atoms with van der Waals surface area (Å²) in [6.07, 6.45) is 3.67. The molecule has 1 amide bonds. The van der Waals surface area contributed by atoms with Gasteiger partial charge >= 0.3 is 0 Å². The Morgan fingerprint density at radius 1 is 1.25 bits per heavy atom. The van der Waals surface area contributed by atoms with Crippen LogP contribution in [0.1, 0.15) is 37.7 Å². The van der Waals surface area contributed by atoms with Crippen LogP contribution in [0, 0.1) is 0 Å². The van der Waals surface area contributed by atoms with E-state index in [0.29, 0.717) is 18.0 Å². The lowest BCUT2D eigenvalue weighted by Gasteiger charge is -2.04. The number of carbonyl (C=O) groups excluding carboxylic acids is 1. The highest BCUT2D eigenvalue weighted by molar-refractivity contribution is 7.12. The van der Waals surface area contributed by atoms with E-state index >= 15 is 0 Å². The molecule has 20 heavy (non-hydrogen) atoms. The molecule has 0 bridgehead atoms. The van der Waals surface area contributed by atoms with Crippen LogP contribution in [-0.2, 0) is 25.3 Å². The number of rotatable bonds is 4. The summed E-state index contributed by atoms with van der Waals surface area (Å²) < 4.78 is 0. The molecule has 0 saturated heterocycles. The van der Waals surface area contributed by atoms with E-state index in [1.165, 1.54) is 34.6 Å². The molecule has 3 rings (SSSR count). The Labute approximate surface area is 127 Å². The first kappa shape index (κ1) is 13.7. The van der Waals surface area contributed by atoms with Gasteiger partial charge in [0.2, 0.25) is 0 Å². The average molecular weight is 306 g/mol. The van der Waals surface area contributed by atoms with E-state index < -0.39 is 0 Å². The van der Waals surface area contributed by atoms with Crippen molar-refractivity contribution >= 4 is 28.8 Å². The molecule has 104 valence electrons. The molecule has 0 aliphatic heterocycles. The third-order valence-electron chi connectivity index (χ3n) is 3.59. The van der Waals surface area contributed by atoms with Crippen LogP contribution >= 0.6 is 22.9 Å². The number of nitrogens with one attached hydrogen (secondary N) is 1. The van der Waals surface area contributed by atoms with Gasteiger partial charge in [0.05, 0.1) is 6.54 Å². The van der Waals surface area contributed by atoms with Crippen molar-refractivity contribution in [2.75, 3.05) is 0 Å². The quantitative estimate of drug-likeness (QED) is 0.853. The number of hydrogen-bond donors (Lipinski definition) is 1. The van der Waals surface area contributed by atoms with Crippen molar-refractivity contribution in [2.45, 2.75) is 31.7 Å². The third kappa shape index (κ3) is 2.89. The zero-order chi connectivity index (χ0) is 13.9. The lowest BCUT2D eigenvalue weighted by Crippen LogP contribution is -2.22. The first-order chi connectivity index (χ1) is 9.76. The number of benzene rings is 1. The zero-order valence-corrected chi connectivity index (χ0v) is 12.7. The summed E-state index contributed by atoms with van der Waals surface area (Å²) >= 11 is 7.57. The van der Waals surface area contributed by atoms with Crippen LogP contribution in [-0.4, -0.2) is 5.91 Å². The first-order valence-corrected chi connectivity index (χ1v) is 8.15. The van der Waals surface area contributed by atoms with Crippen LogP contribution in [0.2, 0.25) is 0 Å². The molecular weight excluding hydrogens is 290 g/mol.